The molecular formula is C14H18N2O3. The molecule has 2 N–H and O–H groups in total. The van der Waals surface area contributed by atoms with Crippen LogP contribution in [0.25, 0.3) is 0 Å². The van der Waals surface area contributed by atoms with Crippen molar-refractivity contribution in [2.45, 2.75) is 13.3 Å². The largest absolute Gasteiger partial charge is 0.465 e. The van der Waals surface area contributed by atoms with Gasteiger partial charge in [-0.3, -0.25) is 4.79 Å². The number of methoxy groups -OCH3 is 1. The van der Waals surface area contributed by atoms with Gasteiger partial charge >= 0.3 is 5.97 Å². The maximum atomic E-state index is 12.2. The van der Waals surface area contributed by atoms with Crippen molar-refractivity contribution < 1.29 is 14.3 Å². The number of hydrogen-bond donors (Lipinski definition) is 2. The molecule has 0 saturated carbocycles. The number of hydrogen-bond acceptors (Lipinski definition) is 4. The molecule has 19 heavy (non-hydrogen) atoms. The van der Waals surface area contributed by atoms with Gasteiger partial charge in [-0.25, -0.2) is 4.79 Å². The van der Waals surface area contributed by atoms with E-state index in [9.17, 15) is 9.59 Å². The Morgan fingerprint density at radius 3 is 2.53 bits per heavy atom. The lowest BCUT2D eigenvalue weighted by Crippen LogP contribution is -2.35. The van der Waals surface area contributed by atoms with E-state index in [1.54, 1.807) is 24.3 Å². The lowest BCUT2D eigenvalue weighted by atomic mass is 9.89. The molecule has 1 aromatic carbocycles. The third-order valence-corrected chi connectivity index (χ3v) is 3.48. The van der Waals surface area contributed by atoms with E-state index >= 15 is 0 Å². The number of benzene rings is 1. The zero-order valence-electron chi connectivity index (χ0n) is 11.2. The third-order valence-electron chi connectivity index (χ3n) is 3.48. The minimum atomic E-state index is -0.384. The molecule has 1 unspecified atom stereocenters. The molecule has 0 aliphatic carbocycles. The fourth-order valence-corrected chi connectivity index (χ4v) is 2.10. The standard InChI is InChI=1S/C14H18N2O3/c1-14(7-8-15-9-14)13(18)16-11-5-3-10(4-6-11)12(17)19-2/h3-6,15H,7-9H2,1-2H3,(H,16,18). The van der Waals surface area contributed by atoms with Crippen LogP contribution in [-0.2, 0) is 9.53 Å². The summed E-state index contributed by atoms with van der Waals surface area (Å²) < 4.78 is 4.62. The van der Waals surface area contributed by atoms with E-state index in [1.807, 2.05) is 6.92 Å². The number of amides is 1. The average Bonchev–Trinajstić information content (AvgIpc) is 2.87. The maximum Gasteiger partial charge on any atom is 0.337 e. The van der Waals surface area contributed by atoms with Crippen LogP contribution in [0.1, 0.15) is 23.7 Å². The molecule has 1 heterocycles. The third kappa shape index (κ3) is 2.93. The Hall–Kier alpha value is -1.88. The van der Waals surface area contributed by atoms with Gasteiger partial charge in [0.15, 0.2) is 0 Å². The number of ether oxygens (including phenoxy) is 1. The van der Waals surface area contributed by atoms with Crippen molar-refractivity contribution >= 4 is 17.6 Å². The summed E-state index contributed by atoms with van der Waals surface area (Å²) in [7, 11) is 1.34. The highest BCUT2D eigenvalue weighted by atomic mass is 16.5. The molecule has 0 aromatic heterocycles. The van der Waals surface area contributed by atoms with Gasteiger partial charge in [-0.05, 0) is 44.2 Å². The van der Waals surface area contributed by atoms with Crippen LogP contribution in [-0.4, -0.2) is 32.1 Å². The van der Waals surface area contributed by atoms with E-state index in [2.05, 4.69) is 15.4 Å². The number of carbonyl (C=O) groups is 2. The van der Waals surface area contributed by atoms with Gasteiger partial charge in [0.25, 0.3) is 0 Å². The first-order valence-corrected chi connectivity index (χ1v) is 6.26. The van der Waals surface area contributed by atoms with E-state index in [1.165, 1.54) is 7.11 Å². The second-order valence-corrected chi connectivity index (χ2v) is 5.01. The molecule has 1 fully saturated rings. The molecule has 5 nitrogen and oxygen atoms in total. The number of carbonyl (C=O) groups excluding carboxylic acids is 2. The van der Waals surface area contributed by atoms with Crippen molar-refractivity contribution in [2.75, 3.05) is 25.5 Å². The molecule has 1 aliphatic rings. The summed E-state index contributed by atoms with van der Waals surface area (Å²) in [6.45, 7) is 3.51. The number of anilines is 1. The summed E-state index contributed by atoms with van der Waals surface area (Å²) in [5, 5.41) is 6.07. The number of nitrogens with one attached hydrogen (secondary N) is 2. The first-order chi connectivity index (χ1) is 9.05. The first kappa shape index (κ1) is 13.5. The highest BCUT2D eigenvalue weighted by Gasteiger charge is 2.36. The minimum absolute atomic E-state index is 0.00307. The van der Waals surface area contributed by atoms with Crippen molar-refractivity contribution in [3.63, 3.8) is 0 Å². The summed E-state index contributed by atoms with van der Waals surface area (Å²) in [5.41, 5.74) is 0.793. The van der Waals surface area contributed by atoms with Crippen LogP contribution in [0, 0.1) is 5.41 Å². The second-order valence-electron chi connectivity index (χ2n) is 5.01. The Morgan fingerprint density at radius 2 is 2.00 bits per heavy atom. The van der Waals surface area contributed by atoms with Crippen LogP contribution < -0.4 is 10.6 Å². The molecule has 5 heteroatoms. The molecule has 2 rings (SSSR count). The predicted octanol–water partition coefficient (Wildman–Crippen LogP) is 1.41. The smallest absolute Gasteiger partial charge is 0.337 e. The Morgan fingerprint density at radius 1 is 1.32 bits per heavy atom. The van der Waals surface area contributed by atoms with Crippen LogP contribution in [0.5, 0.6) is 0 Å². The molecule has 1 amide bonds. The van der Waals surface area contributed by atoms with Gasteiger partial charge in [0.1, 0.15) is 0 Å². The predicted molar refractivity (Wildman–Crippen MR) is 72.0 cm³/mol. The van der Waals surface area contributed by atoms with Gasteiger partial charge in [-0.2, -0.15) is 0 Å². The van der Waals surface area contributed by atoms with Gasteiger partial charge in [0.05, 0.1) is 18.1 Å². The van der Waals surface area contributed by atoms with E-state index in [-0.39, 0.29) is 17.3 Å². The van der Waals surface area contributed by atoms with E-state index in [0.717, 1.165) is 13.0 Å². The van der Waals surface area contributed by atoms with Gasteiger partial charge in [-0.15, -0.1) is 0 Å². The van der Waals surface area contributed by atoms with Crippen molar-refractivity contribution in [3.8, 4) is 0 Å². The number of esters is 1. The first-order valence-electron chi connectivity index (χ1n) is 6.26. The summed E-state index contributed by atoms with van der Waals surface area (Å²) in [5.74, 6) is -0.381. The average molecular weight is 262 g/mol. The Labute approximate surface area is 112 Å². The fourth-order valence-electron chi connectivity index (χ4n) is 2.10. The summed E-state index contributed by atoms with van der Waals surface area (Å²) in [4.78, 5) is 23.5. The lowest BCUT2D eigenvalue weighted by Gasteiger charge is -2.21. The topological polar surface area (TPSA) is 67.4 Å². The molecule has 102 valence electrons. The van der Waals surface area contributed by atoms with Crippen LogP contribution in [0.4, 0.5) is 5.69 Å². The summed E-state index contributed by atoms with van der Waals surface area (Å²) in [6, 6.07) is 6.68. The highest BCUT2D eigenvalue weighted by Crippen LogP contribution is 2.26. The van der Waals surface area contributed by atoms with Crippen molar-refractivity contribution in [1.82, 2.24) is 5.32 Å². The van der Waals surface area contributed by atoms with Gasteiger partial charge < -0.3 is 15.4 Å². The van der Waals surface area contributed by atoms with Crippen LogP contribution >= 0.6 is 0 Å². The molecule has 1 saturated heterocycles. The molecule has 0 bridgehead atoms. The van der Waals surface area contributed by atoms with Crippen molar-refractivity contribution in [3.05, 3.63) is 29.8 Å². The summed E-state index contributed by atoms with van der Waals surface area (Å²) in [6.07, 6.45) is 0.832. The molecule has 1 aliphatic heterocycles. The maximum absolute atomic E-state index is 12.2. The van der Waals surface area contributed by atoms with Crippen molar-refractivity contribution in [2.24, 2.45) is 5.41 Å². The molecular weight excluding hydrogens is 244 g/mol. The molecule has 1 aromatic rings. The normalized spacial score (nSPS) is 22.0. The van der Waals surface area contributed by atoms with Crippen LogP contribution in [0.15, 0.2) is 24.3 Å². The molecule has 0 radical (unpaired) electrons. The van der Waals surface area contributed by atoms with Crippen LogP contribution in [0.3, 0.4) is 0 Å². The zero-order valence-corrected chi connectivity index (χ0v) is 11.2. The highest BCUT2D eigenvalue weighted by molar-refractivity contribution is 5.96. The fraction of sp³-hybridized carbons (Fsp3) is 0.429. The van der Waals surface area contributed by atoms with Gasteiger partial charge in [0.2, 0.25) is 5.91 Å². The Balaban J connectivity index is 2.03. The monoisotopic (exact) mass is 262 g/mol. The molecule has 0 spiro atoms. The van der Waals surface area contributed by atoms with Crippen LogP contribution in [0.2, 0.25) is 0 Å². The summed E-state index contributed by atoms with van der Waals surface area (Å²) >= 11 is 0. The van der Waals surface area contributed by atoms with E-state index < -0.39 is 0 Å². The Kier molecular flexibility index (Phi) is 3.85. The second kappa shape index (κ2) is 5.40. The SMILES string of the molecule is COC(=O)c1ccc(NC(=O)C2(C)CCNC2)cc1. The molecule has 1 atom stereocenters. The van der Waals surface area contributed by atoms with E-state index in [4.69, 9.17) is 0 Å². The van der Waals surface area contributed by atoms with Gasteiger partial charge in [0, 0.05) is 12.2 Å². The number of rotatable bonds is 3. The quantitative estimate of drug-likeness (QED) is 0.808. The zero-order chi connectivity index (χ0) is 13.9. The minimum Gasteiger partial charge on any atom is -0.465 e. The Bertz CT molecular complexity index is 476. The lowest BCUT2D eigenvalue weighted by molar-refractivity contribution is -0.123. The van der Waals surface area contributed by atoms with E-state index in [0.29, 0.717) is 17.8 Å². The van der Waals surface area contributed by atoms with Gasteiger partial charge in [-0.1, -0.05) is 0 Å². The van der Waals surface area contributed by atoms with Crippen molar-refractivity contribution in [1.29, 1.82) is 0 Å².